The average Bonchev–Trinajstić information content (AvgIpc) is 3.12. The first-order valence-corrected chi connectivity index (χ1v) is 8.42. The fourth-order valence-corrected chi connectivity index (χ4v) is 3.05. The Bertz CT molecular complexity index is 621. The second-order valence-electron chi connectivity index (χ2n) is 6.06. The first kappa shape index (κ1) is 15.9. The van der Waals surface area contributed by atoms with Crippen molar-refractivity contribution in [1.82, 2.24) is 5.32 Å². The number of methoxy groups -OCH3 is 1. The Balaban J connectivity index is 1.60. The molecule has 1 atom stereocenters. The summed E-state index contributed by atoms with van der Waals surface area (Å²) in [4.78, 5) is 0. The van der Waals surface area contributed by atoms with Gasteiger partial charge in [0.2, 0.25) is 0 Å². The number of hydrogen-bond donors (Lipinski definition) is 1. The highest BCUT2D eigenvalue weighted by atomic mass is 16.5. The maximum absolute atomic E-state index is 6.07. The molecule has 0 aromatic heterocycles. The van der Waals surface area contributed by atoms with Gasteiger partial charge in [-0.2, -0.15) is 0 Å². The van der Waals surface area contributed by atoms with Crippen molar-refractivity contribution in [1.29, 1.82) is 0 Å². The fourth-order valence-electron chi connectivity index (χ4n) is 3.05. The molecule has 1 N–H and O–H groups in total. The molecule has 0 bridgehead atoms. The first-order chi connectivity index (χ1) is 11.3. The number of para-hydroxylation sites is 1. The second-order valence-corrected chi connectivity index (χ2v) is 6.06. The van der Waals surface area contributed by atoms with Gasteiger partial charge in [-0.25, -0.2) is 0 Å². The molecule has 3 nitrogen and oxygen atoms in total. The minimum absolute atomic E-state index is 0.501. The van der Waals surface area contributed by atoms with Crippen LogP contribution in [0.3, 0.4) is 0 Å². The standard InChI is InChI=1S/C20H25NO2/c1-22-19-9-4-6-16(14-19)11-12-17-7-2-3-10-20(17)23-15-18-8-5-13-21-18/h2-4,6-7,9-10,14,18,21H,5,8,11-13,15H2,1H3/t18-/m0/s1. The van der Waals surface area contributed by atoms with Crippen LogP contribution in [0.15, 0.2) is 48.5 Å². The van der Waals surface area contributed by atoms with Gasteiger partial charge < -0.3 is 14.8 Å². The summed E-state index contributed by atoms with van der Waals surface area (Å²) in [6.07, 6.45) is 4.43. The van der Waals surface area contributed by atoms with Gasteiger partial charge in [0.15, 0.2) is 0 Å². The molecule has 23 heavy (non-hydrogen) atoms. The van der Waals surface area contributed by atoms with Crippen LogP contribution < -0.4 is 14.8 Å². The van der Waals surface area contributed by atoms with E-state index in [0.29, 0.717) is 6.04 Å². The zero-order chi connectivity index (χ0) is 15.9. The quantitative estimate of drug-likeness (QED) is 0.847. The Morgan fingerprint density at radius 1 is 1.09 bits per heavy atom. The molecule has 1 heterocycles. The van der Waals surface area contributed by atoms with Crippen LogP contribution in [0, 0.1) is 0 Å². The maximum atomic E-state index is 6.07. The average molecular weight is 311 g/mol. The third kappa shape index (κ3) is 4.49. The predicted molar refractivity (Wildman–Crippen MR) is 93.4 cm³/mol. The summed E-state index contributed by atoms with van der Waals surface area (Å²) in [5, 5.41) is 3.48. The van der Waals surface area contributed by atoms with E-state index >= 15 is 0 Å². The lowest BCUT2D eigenvalue weighted by atomic mass is 10.0. The summed E-state index contributed by atoms with van der Waals surface area (Å²) < 4.78 is 11.4. The van der Waals surface area contributed by atoms with E-state index in [2.05, 4.69) is 35.6 Å². The van der Waals surface area contributed by atoms with Crippen molar-refractivity contribution < 1.29 is 9.47 Å². The fraction of sp³-hybridized carbons (Fsp3) is 0.400. The van der Waals surface area contributed by atoms with Crippen LogP contribution in [0.4, 0.5) is 0 Å². The van der Waals surface area contributed by atoms with E-state index in [-0.39, 0.29) is 0 Å². The topological polar surface area (TPSA) is 30.5 Å². The summed E-state index contributed by atoms with van der Waals surface area (Å²) in [6, 6.07) is 17.2. The molecule has 1 aliphatic heterocycles. The van der Waals surface area contributed by atoms with Crippen molar-refractivity contribution in [2.24, 2.45) is 0 Å². The summed E-state index contributed by atoms with van der Waals surface area (Å²) in [7, 11) is 1.71. The lowest BCUT2D eigenvalue weighted by Gasteiger charge is -2.15. The lowest BCUT2D eigenvalue weighted by molar-refractivity contribution is 0.274. The van der Waals surface area contributed by atoms with Crippen molar-refractivity contribution in [3.63, 3.8) is 0 Å². The van der Waals surface area contributed by atoms with Crippen molar-refractivity contribution in [3.8, 4) is 11.5 Å². The molecule has 2 aromatic rings. The number of rotatable bonds is 7. The number of aryl methyl sites for hydroxylation is 2. The summed E-state index contributed by atoms with van der Waals surface area (Å²) >= 11 is 0. The monoisotopic (exact) mass is 311 g/mol. The molecule has 0 amide bonds. The molecule has 1 saturated heterocycles. The highest BCUT2D eigenvalue weighted by molar-refractivity contribution is 5.35. The summed E-state index contributed by atoms with van der Waals surface area (Å²) in [6.45, 7) is 1.88. The van der Waals surface area contributed by atoms with Gasteiger partial charge in [0.1, 0.15) is 18.1 Å². The van der Waals surface area contributed by atoms with Crippen LogP contribution in [0.25, 0.3) is 0 Å². The smallest absolute Gasteiger partial charge is 0.122 e. The van der Waals surface area contributed by atoms with Crippen LogP contribution in [0.5, 0.6) is 11.5 Å². The molecule has 0 unspecified atom stereocenters. The Morgan fingerprint density at radius 3 is 2.83 bits per heavy atom. The van der Waals surface area contributed by atoms with Crippen LogP contribution in [-0.2, 0) is 12.8 Å². The molecule has 1 aliphatic rings. The third-order valence-corrected chi connectivity index (χ3v) is 4.39. The molecule has 2 aromatic carbocycles. The van der Waals surface area contributed by atoms with Crippen LogP contribution >= 0.6 is 0 Å². The highest BCUT2D eigenvalue weighted by Crippen LogP contribution is 2.22. The Kier molecular flexibility index (Phi) is 5.54. The van der Waals surface area contributed by atoms with E-state index in [1.807, 2.05) is 18.2 Å². The SMILES string of the molecule is COc1cccc(CCc2ccccc2OC[C@@H]2CCCN2)c1. The highest BCUT2D eigenvalue weighted by Gasteiger charge is 2.15. The van der Waals surface area contributed by atoms with Crippen LogP contribution in [0.2, 0.25) is 0 Å². The lowest BCUT2D eigenvalue weighted by Crippen LogP contribution is -2.28. The Hall–Kier alpha value is -2.00. The predicted octanol–water partition coefficient (Wildman–Crippen LogP) is 3.61. The molecule has 3 heteroatoms. The molecule has 0 radical (unpaired) electrons. The zero-order valence-electron chi connectivity index (χ0n) is 13.8. The van der Waals surface area contributed by atoms with E-state index < -0.39 is 0 Å². The van der Waals surface area contributed by atoms with Gasteiger partial charge in [-0.05, 0) is 61.6 Å². The van der Waals surface area contributed by atoms with Gasteiger partial charge in [0.25, 0.3) is 0 Å². The number of ether oxygens (including phenoxy) is 2. The maximum Gasteiger partial charge on any atom is 0.122 e. The van der Waals surface area contributed by atoms with Gasteiger partial charge >= 0.3 is 0 Å². The summed E-state index contributed by atoms with van der Waals surface area (Å²) in [5.74, 6) is 1.93. The molecule has 0 spiro atoms. The van der Waals surface area contributed by atoms with Crippen molar-refractivity contribution in [2.75, 3.05) is 20.3 Å². The molecule has 1 fully saturated rings. The molecule has 3 rings (SSSR count). The van der Waals surface area contributed by atoms with Gasteiger partial charge in [-0.3, -0.25) is 0 Å². The molecular weight excluding hydrogens is 286 g/mol. The normalized spacial score (nSPS) is 17.2. The van der Waals surface area contributed by atoms with Gasteiger partial charge in [0, 0.05) is 6.04 Å². The van der Waals surface area contributed by atoms with Gasteiger partial charge in [-0.1, -0.05) is 30.3 Å². The molecule has 0 aliphatic carbocycles. The van der Waals surface area contributed by atoms with E-state index in [0.717, 1.165) is 37.5 Å². The number of benzene rings is 2. The summed E-state index contributed by atoms with van der Waals surface area (Å²) in [5.41, 5.74) is 2.56. The van der Waals surface area contributed by atoms with Gasteiger partial charge in [0.05, 0.1) is 7.11 Å². The van der Waals surface area contributed by atoms with Crippen molar-refractivity contribution >= 4 is 0 Å². The largest absolute Gasteiger partial charge is 0.497 e. The third-order valence-electron chi connectivity index (χ3n) is 4.39. The van der Waals surface area contributed by atoms with E-state index in [1.165, 1.54) is 24.0 Å². The van der Waals surface area contributed by atoms with Crippen molar-refractivity contribution in [2.45, 2.75) is 31.7 Å². The van der Waals surface area contributed by atoms with Crippen LogP contribution in [-0.4, -0.2) is 26.3 Å². The molecular formula is C20H25NO2. The Morgan fingerprint density at radius 2 is 2.00 bits per heavy atom. The molecule has 122 valence electrons. The second kappa shape index (κ2) is 8.02. The first-order valence-electron chi connectivity index (χ1n) is 8.42. The number of hydrogen-bond acceptors (Lipinski definition) is 3. The van der Waals surface area contributed by atoms with E-state index in [1.54, 1.807) is 7.11 Å². The number of nitrogens with one attached hydrogen (secondary N) is 1. The Labute approximate surface area is 138 Å². The van der Waals surface area contributed by atoms with Crippen molar-refractivity contribution in [3.05, 3.63) is 59.7 Å². The van der Waals surface area contributed by atoms with Gasteiger partial charge in [-0.15, -0.1) is 0 Å². The van der Waals surface area contributed by atoms with E-state index in [9.17, 15) is 0 Å². The van der Waals surface area contributed by atoms with E-state index in [4.69, 9.17) is 9.47 Å². The zero-order valence-corrected chi connectivity index (χ0v) is 13.8. The minimum atomic E-state index is 0.501. The molecule has 0 saturated carbocycles. The van der Waals surface area contributed by atoms with Crippen LogP contribution in [0.1, 0.15) is 24.0 Å². The minimum Gasteiger partial charge on any atom is -0.497 e.